The van der Waals surface area contributed by atoms with Crippen molar-refractivity contribution in [1.29, 1.82) is 0 Å². The molecular formula is C23H22ClN3O5S2. The predicted octanol–water partition coefficient (Wildman–Crippen LogP) is 4.29. The summed E-state index contributed by atoms with van der Waals surface area (Å²) in [5, 5.41) is 5.50. The SMILES string of the molecule is COC(=O)c1ccc(-c2csc(NC(=O)C3CCCN(S(=O)(=O)c4ccc(Cl)cc4)C3)n2)cc1. The molecule has 8 nitrogen and oxygen atoms in total. The minimum Gasteiger partial charge on any atom is -0.465 e. The lowest BCUT2D eigenvalue weighted by atomic mass is 9.99. The molecule has 0 spiro atoms. The molecule has 1 aliphatic heterocycles. The highest BCUT2D eigenvalue weighted by atomic mass is 35.5. The summed E-state index contributed by atoms with van der Waals surface area (Å²) < 4.78 is 32.0. The highest BCUT2D eigenvalue weighted by molar-refractivity contribution is 7.89. The standard InChI is InChI=1S/C23H22ClN3O5S2/c1-32-22(29)16-6-4-15(5-7-16)20-14-33-23(25-20)26-21(28)17-3-2-12-27(13-17)34(30,31)19-10-8-18(24)9-11-19/h4-11,14,17H,2-3,12-13H2,1H3,(H,25,26,28). The van der Waals surface area contributed by atoms with Crippen LogP contribution in [0.3, 0.4) is 0 Å². The molecule has 0 radical (unpaired) electrons. The Hall–Kier alpha value is -2.79. The first-order chi connectivity index (χ1) is 16.3. The van der Waals surface area contributed by atoms with E-state index in [9.17, 15) is 18.0 Å². The van der Waals surface area contributed by atoms with Gasteiger partial charge in [0.2, 0.25) is 15.9 Å². The van der Waals surface area contributed by atoms with Crippen molar-refractivity contribution >= 4 is 50.0 Å². The summed E-state index contributed by atoms with van der Waals surface area (Å²) in [6.07, 6.45) is 1.17. The van der Waals surface area contributed by atoms with Gasteiger partial charge in [-0.2, -0.15) is 4.31 Å². The van der Waals surface area contributed by atoms with Crippen molar-refractivity contribution in [3.63, 3.8) is 0 Å². The van der Waals surface area contributed by atoms with Crippen LogP contribution < -0.4 is 5.32 Å². The van der Waals surface area contributed by atoms with Crippen LogP contribution in [0.25, 0.3) is 11.3 Å². The number of carbonyl (C=O) groups is 2. The van der Waals surface area contributed by atoms with Crippen molar-refractivity contribution in [2.45, 2.75) is 17.7 Å². The summed E-state index contributed by atoms with van der Waals surface area (Å²) in [6.45, 7) is 0.460. The van der Waals surface area contributed by atoms with Crippen LogP contribution in [-0.4, -0.2) is 49.8 Å². The molecular weight excluding hydrogens is 498 g/mol. The van der Waals surface area contributed by atoms with E-state index < -0.39 is 21.9 Å². The van der Waals surface area contributed by atoms with Gasteiger partial charge in [-0.3, -0.25) is 4.79 Å². The topological polar surface area (TPSA) is 106 Å². The number of carbonyl (C=O) groups excluding carboxylic acids is 2. The number of rotatable bonds is 6. The molecule has 1 atom stereocenters. The predicted molar refractivity (Wildman–Crippen MR) is 130 cm³/mol. The van der Waals surface area contributed by atoms with E-state index in [4.69, 9.17) is 16.3 Å². The molecule has 0 aliphatic carbocycles. The minimum atomic E-state index is -3.71. The molecule has 34 heavy (non-hydrogen) atoms. The van der Waals surface area contributed by atoms with Gasteiger partial charge in [0.25, 0.3) is 0 Å². The zero-order valence-corrected chi connectivity index (χ0v) is 20.6. The first-order valence-electron chi connectivity index (χ1n) is 10.5. The third-order valence-corrected chi connectivity index (χ3v) is 8.43. The van der Waals surface area contributed by atoms with Crippen LogP contribution in [0.5, 0.6) is 0 Å². The number of methoxy groups -OCH3 is 1. The van der Waals surface area contributed by atoms with Crippen molar-refractivity contribution in [2.24, 2.45) is 5.92 Å². The smallest absolute Gasteiger partial charge is 0.337 e. The summed E-state index contributed by atoms with van der Waals surface area (Å²) in [6, 6.07) is 12.8. The van der Waals surface area contributed by atoms with E-state index in [2.05, 4.69) is 10.3 Å². The average molecular weight is 520 g/mol. The molecule has 178 valence electrons. The van der Waals surface area contributed by atoms with E-state index in [1.807, 2.05) is 0 Å². The molecule has 2 heterocycles. The number of nitrogens with zero attached hydrogens (tertiary/aromatic N) is 2. The number of thiazole rings is 1. The second-order valence-electron chi connectivity index (χ2n) is 7.75. The van der Waals surface area contributed by atoms with Gasteiger partial charge in [-0.25, -0.2) is 18.2 Å². The van der Waals surface area contributed by atoms with Crippen LogP contribution in [0.4, 0.5) is 5.13 Å². The minimum absolute atomic E-state index is 0.101. The Labute approximate surface area is 206 Å². The molecule has 1 aliphatic rings. The van der Waals surface area contributed by atoms with Gasteiger partial charge < -0.3 is 10.1 Å². The monoisotopic (exact) mass is 519 g/mol. The molecule has 1 unspecified atom stereocenters. The van der Waals surface area contributed by atoms with Gasteiger partial charge in [-0.15, -0.1) is 11.3 Å². The molecule has 1 saturated heterocycles. The van der Waals surface area contributed by atoms with Crippen molar-refractivity contribution in [2.75, 3.05) is 25.5 Å². The number of hydrogen-bond acceptors (Lipinski definition) is 7. The van der Waals surface area contributed by atoms with Crippen LogP contribution in [0, 0.1) is 5.92 Å². The number of esters is 1. The first-order valence-corrected chi connectivity index (χ1v) is 13.2. The average Bonchev–Trinajstić information content (AvgIpc) is 3.32. The summed E-state index contributed by atoms with van der Waals surface area (Å²) in [4.78, 5) is 29.1. The lowest BCUT2D eigenvalue weighted by molar-refractivity contribution is -0.120. The number of hydrogen-bond donors (Lipinski definition) is 1. The fourth-order valence-corrected chi connectivity index (χ4v) is 6.07. The van der Waals surface area contributed by atoms with E-state index in [1.54, 1.807) is 29.6 Å². The zero-order chi connectivity index (χ0) is 24.3. The first kappa shape index (κ1) is 24.3. The lowest BCUT2D eigenvalue weighted by Gasteiger charge is -2.31. The Kier molecular flexibility index (Phi) is 7.32. The van der Waals surface area contributed by atoms with Gasteiger partial charge in [-0.05, 0) is 49.2 Å². The second kappa shape index (κ2) is 10.2. The van der Waals surface area contributed by atoms with Crippen molar-refractivity contribution in [1.82, 2.24) is 9.29 Å². The number of anilines is 1. The summed E-state index contributed by atoms with van der Waals surface area (Å²) >= 11 is 7.15. The Morgan fingerprint density at radius 1 is 1.15 bits per heavy atom. The molecule has 0 bridgehead atoms. The number of benzene rings is 2. The highest BCUT2D eigenvalue weighted by Crippen LogP contribution is 2.28. The van der Waals surface area contributed by atoms with Crippen LogP contribution in [-0.2, 0) is 19.6 Å². The Balaban J connectivity index is 1.41. The van der Waals surface area contributed by atoms with Crippen LogP contribution in [0.1, 0.15) is 23.2 Å². The maximum absolute atomic E-state index is 13.0. The molecule has 1 N–H and O–H groups in total. The van der Waals surface area contributed by atoms with Crippen LogP contribution >= 0.6 is 22.9 Å². The molecule has 3 aromatic rings. The number of ether oxygens (including phenoxy) is 1. The zero-order valence-electron chi connectivity index (χ0n) is 18.2. The van der Waals surface area contributed by atoms with Gasteiger partial charge in [0.1, 0.15) is 0 Å². The van der Waals surface area contributed by atoms with Crippen LogP contribution in [0.2, 0.25) is 5.02 Å². The summed E-state index contributed by atoms with van der Waals surface area (Å²) in [5.74, 6) is -1.17. The quantitative estimate of drug-likeness (QED) is 0.487. The molecule has 1 fully saturated rings. The van der Waals surface area contributed by atoms with Gasteiger partial charge in [0, 0.05) is 29.1 Å². The Morgan fingerprint density at radius 2 is 1.85 bits per heavy atom. The highest BCUT2D eigenvalue weighted by Gasteiger charge is 2.33. The number of nitrogens with one attached hydrogen (secondary N) is 1. The van der Waals surface area contributed by atoms with E-state index in [0.717, 1.165) is 5.56 Å². The van der Waals surface area contributed by atoms with Crippen molar-refractivity contribution < 1.29 is 22.7 Å². The van der Waals surface area contributed by atoms with Gasteiger partial charge in [0.15, 0.2) is 5.13 Å². The van der Waals surface area contributed by atoms with Gasteiger partial charge in [-0.1, -0.05) is 23.7 Å². The third kappa shape index (κ3) is 5.30. The number of piperidine rings is 1. The molecule has 2 aromatic carbocycles. The molecule has 1 amide bonds. The third-order valence-electron chi connectivity index (χ3n) is 5.54. The second-order valence-corrected chi connectivity index (χ2v) is 11.0. The van der Waals surface area contributed by atoms with Gasteiger partial charge in [0.05, 0.1) is 29.2 Å². The molecule has 1 aromatic heterocycles. The Morgan fingerprint density at radius 3 is 2.53 bits per heavy atom. The van der Waals surface area contributed by atoms with E-state index >= 15 is 0 Å². The maximum Gasteiger partial charge on any atom is 0.337 e. The summed E-state index contributed by atoms with van der Waals surface area (Å²) in [7, 11) is -2.39. The van der Waals surface area contributed by atoms with Gasteiger partial charge >= 0.3 is 5.97 Å². The fraction of sp³-hybridized carbons (Fsp3) is 0.261. The normalized spacial score (nSPS) is 16.7. The number of sulfonamides is 1. The summed E-state index contributed by atoms with van der Waals surface area (Å²) in [5.41, 5.74) is 1.89. The van der Waals surface area contributed by atoms with Crippen molar-refractivity contribution in [3.05, 3.63) is 64.5 Å². The molecule has 0 saturated carbocycles. The number of amides is 1. The number of halogens is 1. The van der Waals surface area contributed by atoms with E-state index in [0.29, 0.717) is 40.8 Å². The maximum atomic E-state index is 13.0. The lowest BCUT2D eigenvalue weighted by Crippen LogP contribution is -2.43. The molecule has 11 heteroatoms. The Bertz CT molecular complexity index is 1290. The largest absolute Gasteiger partial charge is 0.465 e. The van der Waals surface area contributed by atoms with Crippen LogP contribution in [0.15, 0.2) is 58.8 Å². The number of aromatic nitrogens is 1. The van der Waals surface area contributed by atoms with E-state index in [1.165, 1.54) is 47.0 Å². The molecule has 4 rings (SSSR count). The van der Waals surface area contributed by atoms with Crippen molar-refractivity contribution in [3.8, 4) is 11.3 Å². The van der Waals surface area contributed by atoms with E-state index in [-0.39, 0.29) is 17.3 Å². The fourth-order valence-electron chi connectivity index (χ4n) is 3.70.